The van der Waals surface area contributed by atoms with E-state index >= 15 is 0 Å². The normalized spacial score (nSPS) is 10.3. The van der Waals surface area contributed by atoms with Gasteiger partial charge in [-0.05, 0) is 52.3 Å². The molecule has 0 saturated heterocycles. The highest BCUT2D eigenvalue weighted by Crippen LogP contribution is 2.30. The van der Waals surface area contributed by atoms with Crippen molar-refractivity contribution >= 4 is 47.8 Å². The number of halogens is 3. The third-order valence-corrected chi connectivity index (χ3v) is 4.42. The molecule has 100 valence electrons. The fraction of sp³-hybridized carbons (Fsp3) is 0.143. The number of rotatable bonds is 4. The van der Waals surface area contributed by atoms with E-state index in [1.54, 1.807) is 7.11 Å². The van der Waals surface area contributed by atoms with Crippen molar-refractivity contribution in [3.05, 3.63) is 55.4 Å². The van der Waals surface area contributed by atoms with E-state index in [1.165, 1.54) is 0 Å². The van der Waals surface area contributed by atoms with Gasteiger partial charge in [-0.3, -0.25) is 0 Å². The van der Waals surface area contributed by atoms with Gasteiger partial charge in [0.25, 0.3) is 0 Å². The van der Waals surface area contributed by atoms with E-state index in [2.05, 4.69) is 47.8 Å². The first-order valence-corrected chi connectivity index (χ1v) is 7.88. The topological polar surface area (TPSA) is 18.5 Å². The van der Waals surface area contributed by atoms with Crippen LogP contribution < -0.4 is 9.47 Å². The fourth-order valence-corrected chi connectivity index (χ4v) is 3.06. The molecule has 0 fully saturated rings. The van der Waals surface area contributed by atoms with Crippen molar-refractivity contribution in [2.75, 3.05) is 7.11 Å². The van der Waals surface area contributed by atoms with E-state index in [0.717, 1.165) is 30.5 Å². The molecule has 0 unspecified atom stereocenters. The van der Waals surface area contributed by atoms with Crippen LogP contribution in [0.25, 0.3) is 0 Å². The molecule has 0 radical (unpaired) electrons. The molecule has 0 bridgehead atoms. The maximum Gasteiger partial charge on any atom is 0.134 e. The van der Waals surface area contributed by atoms with Gasteiger partial charge >= 0.3 is 0 Å². The van der Waals surface area contributed by atoms with Crippen LogP contribution in [0.4, 0.5) is 0 Å². The van der Waals surface area contributed by atoms with Gasteiger partial charge < -0.3 is 9.47 Å². The molecule has 0 aromatic heterocycles. The van der Waals surface area contributed by atoms with E-state index in [0.29, 0.717) is 6.61 Å². The molecule has 2 rings (SSSR count). The Bertz CT molecular complexity index is 585. The molecule has 0 amide bonds. The Kier molecular flexibility index (Phi) is 5.30. The average Bonchev–Trinajstić information content (AvgIpc) is 2.39. The Hall–Kier alpha value is -0.520. The predicted molar refractivity (Wildman–Crippen MR) is 86.9 cm³/mol. The van der Waals surface area contributed by atoms with Gasteiger partial charge in [0, 0.05) is 14.5 Å². The summed E-state index contributed by atoms with van der Waals surface area (Å²) in [6.45, 7) is 0.470. The molecule has 0 heterocycles. The van der Waals surface area contributed by atoms with Crippen LogP contribution in [-0.4, -0.2) is 7.11 Å². The molecule has 0 saturated carbocycles. The Morgan fingerprint density at radius 1 is 0.947 bits per heavy atom. The second-order valence-corrected chi connectivity index (χ2v) is 6.45. The van der Waals surface area contributed by atoms with Crippen LogP contribution >= 0.6 is 47.8 Å². The summed E-state index contributed by atoms with van der Waals surface area (Å²) in [5, 5.41) is 0. The van der Waals surface area contributed by atoms with Gasteiger partial charge in [0.1, 0.15) is 18.1 Å². The molecule has 2 nitrogen and oxygen atoms in total. The highest BCUT2D eigenvalue weighted by molar-refractivity contribution is 9.11. The van der Waals surface area contributed by atoms with Gasteiger partial charge in [-0.25, -0.2) is 0 Å². The van der Waals surface area contributed by atoms with Gasteiger partial charge in [-0.15, -0.1) is 0 Å². The molecular formula is C14H11Br3O2. The third-order valence-electron chi connectivity index (χ3n) is 2.53. The summed E-state index contributed by atoms with van der Waals surface area (Å²) in [4.78, 5) is 0. The van der Waals surface area contributed by atoms with Gasteiger partial charge in [-0.2, -0.15) is 0 Å². The van der Waals surface area contributed by atoms with Crippen molar-refractivity contribution in [3.63, 3.8) is 0 Å². The lowest BCUT2D eigenvalue weighted by atomic mass is 10.2. The SMILES string of the molecule is COc1ccc(Br)c(COc2ccc(Br)cc2Br)c1. The Morgan fingerprint density at radius 3 is 2.42 bits per heavy atom. The molecule has 0 aliphatic rings. The molecule has 0 atom stereocenters. The molecule has 2 aromatic carbocycles. The van der Waals surface area contributed by atoms with Crippen LogP contribution in [0.5, 0.6) is 11.5 Å². The predicted octanol–water partition coefficient (Wildman–Crippen LogP) is 5.56. The first kappa shape index (κ1) is 14.9. The first-order valence-electron chi connectivity index (χ1n) is 5.50. The maximum absolute atomic E-state index is 5.80. The van der Waals surface area contributed by atoms with E-state index in [4.69, 9.17) is 9.47 Å². The first-order chi connectivity index (χ1) is 9.10. The number of methoxy groups -OCH3 is 1. The fourth-order valence-electron chi connectivity index (χ4n) is 1.54. The van der Waals surface area contributed by atoms with Crippen molar-refractivity contribution in [1.29, 1.82) is 0 Å². The quantitative estimate of drug-likeness (QED) is 0.607. The van der Waals surface area contributed by atoms with Crippen LogP contribution in [-0.2, 0) is 6.61 Å². The number of ether oxygens (including phenoxy) is 2. The minimum atomic E-state index is 0.470. The zero-order valence-electron chi connectivity index (χ0n) is 10.1. The van der Waals surface area contributed by atoms with Gasteiger partial charge in [-0.1, -0.05) is 31.9 Å². The molecule has 19 heavy (non-hydrogen) atoms. The zero-order chi connectivity index (χ0) is 13.8. The number of benzene rings is 2. The lowest BCUT2D eigenvalue weighted by Gasteiger charge is -2.11. The maximum atomic E-state index is 5.80. The Labute approximate surface area is 137 Å². The van der Waals surface area contributed by atoms with Crippen molar-refractivity contribution in [2.45, 2.75) is 6.61 Å². The van der Waals surface area contributed by atoms with E-state index in [-0.39, 0.29) is 0 Å². The summed E-state index contributed by atoms with van der Waals surface area (Å²) in [6.07, 6.45) is 0. The molecule has 0 N–H and O–H groups in total. The molecule has 0 spiro atoms. The third kappa shape index (κ3) is 3.97. The van der Waals surface area contributed by atoms with Crippen LogP contribution in [0.3, 0.4) is 0 Å². The van der Waals surface area contributed by atoms with Gasteiger partial charge in [0.15, 0.2) is 0 Å². The number of hydrogen-bond donors (Lipinski definition) is 0. The number of hydrogen-bond acceptors (Lipinski definition) is 2. The second-order valence-electron chi connectivity index (χ2n) is 3.82. The highest BCUT2D eigenvalue weighted by atomic mass is 79.9. The van der Waals surface area contributed by atoms with Gasteiger partial charge in [0.05, 0.1) is 11.6 Å². The smallest absolute Gasteiger partial charge is 0.134 e. The zero-order valence-corrected chi connectivity index (χ0v) is 14.9. The van der Waals surface area contributed by atoms with Crippen LogP contribution in [0.15, 0.2) is 49.8 Å². The summed E-state index contributed by atoms with van der Waals surface area (Å²) in [6, 6.07) is 11.6. The van der Waals surface area contributed by atoms with Crippen molar-refractivity contribution < 1.29 is 9.47 Å². The van der Waals surface area contributed by atoms with Gasteiger partial charge in [0.2, 0.25) is 0 Å². The molecular weight excluding hydrogens is 440 g/mol. The Balaban J connectivity index is 2.14. The second kappa shape index (κ2) is 6.77. The average molecular weight is 451 g/mol. The standard InChI is InChI=1S/C14H11Br3O2/c1-18-11-3-4-12(16)9(6-11)8-19-14-5-2-10(15)7-13(14)17/h2-7H,8H2,1H3. The highest BCUT2D eigenvalue weighted by Gasteiger charge is 2.06. The Morgan fingerprint density at radius 2 is 1.74 bits per heavy atom. The molecule has 5 heteroatoms. The summed E-state index contributed by atoms with van der Waals surface area (Å²) in [7, 11) is 1.65. The van der Waals surface area contributed by atoms with E-state index in [1.807, 2.05) is 36.4 Å². The lowest BCUT2D eigenvalue weighted by molar-refractivity contribution is 0.302. The summed E-state index contributed by atoms with van der Waals surface area (Å²) < 4.78 is 13.9. The molecule has 0 aliphatic carbocycles. The van der Waals surface area contributed by atoms with Crippen LogP contribution in [0.2, 0.25) is 0 Å². The summed E-state index contributed by atoms with van der Waals surface area (Å²) in [5.74, 6) is 1.62. The summed E-state index contributed by atoms with van der Waals surface area (Å²) in [5.41, 5.74) is 1.04. The monoisotopic (exact) mass is 448 g/mol. The van der Waals surface area contributed by atoms with Crippen LogP contribution in [0.1, 0.15) is 5.56 Å². The van der Waals surface area contributed by atoms with E-state index < -0.39 is 0 Å². The minimum absolute atomic E-state index is 0.470. The lowest BCUT2D eigenvalue weighted by Crippen LogP contribution is -1.98. The van der Waals surface area contributed by atoms with Crippen molar-refractivity contribution in [3.8, 4) is 11.5 Å². The van der Waals surface area contributed by atoms with Crippen molar-refractivity contribution in [1.82, 2.24) is 0 Å². The van der Waals surface area contributed by atoms with Crippen molar-refractivity contribution in [2.24, 2.45) is 0 Å². The molecule has 0 aliphatic heterocycles. The minimum Gasteiger partial charge on any atom is -0.497 e. The molecule has 2 aromatic rings. The van der Waals surface area contributed by atoms with Crippen LogP contribution in [0, 0.1) is 0 Å². The summed E-state index contributed by atoms with van der Waals surface area (Å²) >= 11 is 10.4. The van der Waals surface area contributed by atoms with E-state index in [9.17, 15) is 0 Å². The largest absolute Gasteiger partial charge is 0.497 e.